The number of hydrogen-bond acceptors (Lipinski definition) is 2. The molecule has 3 rings (SSSR count). The van der Waals surface area contributed by atoms with E-state index in [0.717, 1.165) is 43.4 Å². The molecule has 1 aromatic rings. The van der Waals surface area contributed by atoms with Crippen molar-refractivity contribution in [2.45, 2.75) is 117 Å². The van der Waals surface area contributed by atoms with E-state index in [-0.39, 0.29) is 11.5 Å². The highest BCUT2D eigenvalue weighted by Gasteiger charge is 2.31. The van der Waals surface area contributed by atoms with E-state index in [2.05, 4.69) is 6.92 Å². The van der Waals surface area contributed by atoms with E-state index in [0.29, 0.717) is 19.1 Å². The van der Waals surface area contributed by atoms with Crippen molar-refractivity contribution in [3.8, 4) is 11.5 Å². The Bertz CT molecular complexity index is 691. The first kappa shape index (κ1) is 27.3. The van der Waals surface area contributed by atoms with Gasteiger partial charge in [-0.15, -0.1) is 0 Å². The van der Waals surface area contributed by atoms with Crippen LogP contribution in [0.4, 0.5) is 8.78 Å². The molecule has 0 aromatic heterocycles. The second-order valence-electron chi connectivity index (χ2n) is 11.0. The van der Waals surface area contributed by atoms with Gasteiger partial charge in [0.05, 0.1) is 13.2 Å². The Morgan fingerprint density at radius 2 is 1.18 bits per heavy atom. The van der Waals surface area contributed by atoms with E-state index < -0.39 is 11.6 Å². The molecule has 0 atom stereocenters. The van der Waals surface area contributed by atoms with Crippen LogP contribution in [0.5, 0.6) is 11.5 Å². The summed E-state index contributed by atoms with van der Waals surface area (Å²) in [6, 6.07) is 3.00. The molecule has 2 nitrogen and oxygen atoms in total. The number of halogens is 2. The fraction of sp³-hybridized carbons (Fsp3) is 0.800. The predicted molar refractivity (Wildman–Crippen MR) is 137 cm³/mol. The number of rotatable bonds is 14. The number of hydrogen-bond donors (Lipinski definition) is 0. The molecular formula is C30H48F2O2. The average Bonchev–Trinajstić information content (AvgIpc) is 2.87. The van der Waals surface area contributed by atoms with E-state index in [1.54, 1.807) is 0 Å². The van der Waals surface area contributed by atoms with Crippen molar-refractivity contribution in [3.63, 3.8) is 0 Å². The van der Waals surface area contributed by atoms with Crippen molar-refractivity contribution in [2.75, 3.05) is 13.2 Å². The molecule has 0 amide bonds. The van der Waals surface area contributed by atoms with E-state index in [1.807, 2.05) is 6.92 Å². The highest BCUT2D eigenvalue weighted by Crippen LogP contribution is 2.42. The van der Waals surface area contributed by atoms with Gasteiger partial charge in [-0.2, -0.15) is 8.78 Å². The maximum Gasteiger partial charge on any atom is 0.204 e. The zero-order valence-corrected chi connectivity index (χ0v) is 21.8. The molecule has 2 aliphatic carbocycles. The lowest BCUT2D eigenvalue weighted by molar-refractivity contribution is 0.120. The van der Waals surface area contributed by atoms with E-state index in [4.69, 9.17) is 9.47 Å². The summed E-state index contributed by atoms with van der Waals surface area (Å²) in [5, 5.41) is 0. The molecule has 4 heteroatoms. The van der Waals surface area contributed by atoms with Crippen LogP contribution in [-0.4, -0.2) is 13.2 Å². The van der Waals surface area contributed by atoms with Gasteiger partial charge in [0.25, 0.3) is 0 Å². The molecule has 0 heterocycles. The van der Waals surface area contributed by atoms with E-state index in [9.17, 15) is 8.78 Å². The molecule has 34 heavy (non-hydrogen) atoms. The molecule has 0 bridgehead atoms. The third kappa shape index (κ3) is 8.41. The first-order valence-electron chi connectivity index (χ1n) is 14.4. The summed E-state index contributed by atoms with van der Waals surface area (Å²) in [5.74, 6) is 1.31. The minimum Gasteiger partial charge on any atom is -0.490 e. The molecule has 2 aliphatic rings. The lowest BCUT2D eigenvalue weighted by Gasteiger charge is -2.38. The lowest BCUT2D eigenvalue weighted by atomic mass is 9.69. The fourth-order valence-electron chi connectivity index (χ4n) is 6.08. The molecule has 0 saturated heterocycles. The van der Waals surface area contributed by atoms with Crippen LogP contribution in [0.3, 0.4) is 0 Å². The summed E-state index contributed by atoms with van der Waals surface area (Å²) in [6.07, 6.45) is 20.7. The minimum absolute atomic E-state index is 0.00971. The van der Waals surface area contributed by atoms with Gasteiger partial charge in [-0.1, -0.05) is 71.6 Å². The third-order valence-corrected chi connectivity index (χ3v) is 8.41. The molecule has 0 radical (unpaired) electrons. The first-order chi connectivity index (χ1) is 16.6. The van der Waals surface area contributed by atoms with Crippen molar-refractivity contribution in [1.29, 1.82) is 0 Å². The largest absolute Gasteiger partial charge is 0.490 e. The molecule has 194 valence electrons. The van der Waals surface area contributed by atoms with Gasteiger partial charge in [-0.3, -0.25) is 0 Å². The SMILES string of the molecule is CCCCCCCC1CCC(C2CCC(COc3ccc(OCCCC)c(F)c3F)CC2)CC1. The summed E-state index contributed by atoms with van der Waals surface area (Å²) in [6.45, 7) is 5.19. The van der Waals surface area contributed by atoms with Gasteiger partial charge < -0.3 is 9.47 Å². The Balaban J connectivity index is 1.33. The van der Waals surface area contributed by atoms with Crippen LogP contribution in [0, 0.1) is 35.3 Å². The van der Waals surface area contributed by atoms with Crippen LogP contribution in [0.15, 0.2) is 12.1 Å². The Morgan fingerprint density at radius 1 is 0.647 bits per heavy atom. The van der Waals surface area contributed by atoms with Crippen molar-refractivity contribution < 1.29 is 18.3 Å². The molecular weight excluding hydrogens is 430 g/mol. The smallest absolute Gasteiger partial charge is 0.204 e. The number of ether oxygens (including phenoxy) is 2. The molecule has 0 aliphatic heterocycles. The number of unbranched alkanes of at least 4 members (excludes halogenated alkanes) is 5. The van der Waals surface area contributed by atoms with Crippen molar-refractivity contribution >= 4 is 0 Å². The summed E-state index contributed by atoms with van der Waals surface area (Å²) in [4.78, 5) is 0. The zero-order valence-electron chi connectivity index (χ0n) is 21.8. The molecule has 2 saturated carbocycles. The monoisotopic (exact) mass is 478 g/mol. The molecule has 0 unspecified atom stereocenters. The second kappa shape index (κ2) is 14.9. The Labute approximate surface area is 207 Å². The molecule has 0 N–H and O–H groups in total. The summed E-state index contributed by atoms with van der Waals surface area (Å²) in [5.41, 5.74) is 0. The highest BCUT2D eigenvalue weighted by atomic mass is 19.2. The first-order valence-corrected chi connectivity index (χ1v) is 14.4. The Morgan fingerprint density at radius 3 is 1.76 bits per heavy atom. The Hall–Kier alpha value is -1.32. The van der Waals surface area contributed by atoms with Crippen molar-refractivity contribution in [2.24, 2.45) is 23.7 Å². The van der Waals surface area contributed by atoms with Crippen LogP contribution in [0.25, 0.3) is 0 Å². The zero-order chi connectivity index (χ0) is 24.2. The van der Waals surface area contributed by atoms with E-state index >= 15 is 0 Å². The fourth-order valence-corrected chi connectivity index (χ4v) is 6.08. The van der Waals surface area contributed by atoms with Crippen LogP contribution >= 0.6 is 0 Å². The average molecular weight is 479 g/mol. The molecule has 0 spiro atoms. The summed E-state index contributed by atoms with van der Waals surface area (Å²) < 4.78 is 39.8. The lowest BCUT2D eigenvalue weighted by Crippen LogP contribution is -2.27. The predicted octanol–water partition coefficient (Wildman–Crippen LogP) is 9.50. The van der Waals surface area contributed by atoms with Gasteiger partial charge in [-0.05, 0) is 80.8 Å². The summed E-state index contributed by atoms with van der Waals surface area (Å²) >= 11 is 0. The summed E-state index contributed by atoms with van der Waals surface area (Å²) in [7, 11) is 0. The molecule has 2 fully saturated rings. The number of benzene rings is 1. The van der Waals surface area contributed by atoms with Crippen molar-refractivity contribution in [3.05, 3.63) is 23.8 Å². The quantitative estimate of drug-likeness (QED) is 0.248. The van der Waals surface area contributed by atoms with Crippen LogP contribution in [0.2, 0.25) is 0 Å². The highest BCUT2D eigenvalue weighted by molar-refractivity contribution is 5.35. The van der Waals surface area contributed by atoms with Crippen LogP contribution in [-0.2, 0) is 0 Å². The topological polar surface area (TPSA) is 18.5 Å². The van der Waals surface area contributed by atoms with Crippen LogP contribution < -0.4 is 9.47 Å². The van der Waals surface area contributed by atoms with Gasteiger partial charge in [0, 0.05) is 0 Å². The maximum atomic E-state index is 14.4. The van der Waals surface area contributed by atoms with Crippen molar-refractivity contribution in [1.82, 2.24) is 0 Å². The van der Waals surface area contributed by atoms with Gasteiger partial charge in [0.15, 0.2) is 11.5 Å². The third-order valence-electron chi connectivity index (χ3n) is 8.41. The van der Waals surface area contributed by atoms with Gasteiger partial charge in [0.2, 0.25) is 11.6 Å². The minimum atomic E-state index is -0.936. The maximum absolute atomic E-state index is 14.4. The van der Waals surface area contributed by atoms with Gasteiger partial charge >= 0.3 is 0 Å². The Kier molecular flexibility index (Phi) is 12.0. The standard InChI is InChI=1S/C30H48F2O2/c1-3-5-7-8-9-10-23-11-15-25(16-12-23)26-17-13-24(14-18-26)22-34-28-20-19-27(29(31)30(28)32)33-21-6-4-2/h19-20,23-26H,3-18,21-22H2,1-2H3. The second-order valence-corrected chi connectivity index (χ2v) is 11.0. The molecule has 1 aromatic carbocycles. The van der Waals surface area contributed by atoms with Gasteiger partial charge in [0.1, 0.15) is 0 Å². The van der Waals surface area contributed by atoms with E-state index in [1.165, 1.54) is 89.2 Å². The van der Waals surface area contributed by atoms with Crippen LogP contribution in [0.1, 0.15) is 117 Å². The normalized spacial score (nSPS) is 25.3. The van der Waals surface area contributed by atoms with Gasteiger partial charge in [-0.25, -0.2) is 0 Å².